The fourth-order valence-electron chi connectivity index (χ4n) is 2.92. The van der Waals surface area contributed by atoms with Crippen molar-refractivity contribution in [3.8, 4) is 0 Å². The van der Waals surface area contributed by atoms with E-state index in [1.807, 2.05) is 0 Å². The van der Waals surface area contributed by atoms with Gasteiger partial charge in [0.15, 0.2) is 0 Å². The summed E-state index contributed by atoms with van der Waals surface area (Å²) in [6, 6.07) is 21.3. The first-order chi connectivity index (χ1) is 10.7. The van der Waals surface area contributed by atoms with Gasteiger partial charge < -0.3 is 5.32 Å². The molecule has 114 valence electrons. The van der Waals surface area contributed by atoms with Gasteiger partial charge in [-0.1, -0.05) is 74.5 Å². The molecule has 0 bridgehead atoms. The summed E-state index contributed by atoms with van der Waals surface area (Å²) in [5, 5.41) is 3.61. The van der Waals surface area contributed by atoms with Gasteiger partial charge in [0.2, 0.25) is 0 Å². The first-order valence-electron chi connectivity index (χ1n) is 8.10. The fourth-order valence-corrected chi connectivity index (χ4v) is 2.92. The fraction of sp³-hybridized carbons (Fsp3) is 0.350. The molecule has 2 heteroatoms. The Balaban J connectivity index is 1.97. The molecule has 1 aliphatic heterocycles. The minimum atomic E-state index is 0.198. The second-order valence-electron chi connectivity index (χ2n) is 6.47. The molecule has 1 unspecified atom stereocenters. The first-order valence-corrected chi connectivity index (χ1v) is 8.10. The number of rotatable bonds is 4. The summed E-state index contributed by atoms with van der Waals surface area (Å²) in [6.45, 7) is 6.45. The van der Waals surface area contributed by atoms with Crippen LogP contribution in [0.25, 0.3) is 0 Å². The molecular formula is C20H24N2. The highest BCUT2D eigenvalue weighted by atomic mass is 15.0. The van der Waals surface area contributed by atoms with Crippen molar-refractivity contribution in [2.24, 2.45) is 10.4 Å². The SMILES string of the molecule is CCC1(C)CN=C(C(c2ccccc2)c2ccccc2)NC1. The van der Waals surface area contributed by atoms with E-state index in [1.54, 1.807) is 0 Å². The van der Waals surface area contributed by atoms with Gasteiger partial charge in [-0.05, 0) is 17.5 Å². The Morgan fingerprint density at radius 2 is 1.55 bits per heavy atom. The number of benzene rings is 2. The summed E-state index contributed by atoms with van der Waals surface area (Å²) >= 11 is 0. The van der Waals surface area contributed by atoms with E-state index in [-0.39, 0.29) is 11.3 Å². The molecule has 1 heterocycles. The Labute approximate surface area is 133 Å². The van der Waals surface area contributed by atoms with Crippen LogP contribution in [-0.4, -0.2) is 18.9 Å². The van der Waals surface area contributed by atoms with Gasteiger partial charge in [-0.15, -0.1) is 0 Å². The average Bonchev–Trinajstić information content (AvgIpc) is 2.59. The minimum Gasteiger partial charge on any atom is -0.372 e. The molecule has 1 atom stereocenters. The number of hydrogen-bond donors (Lipinski definition) is 1. The molecule has 1 aliphatic rings. The molecule has 2 aromatic carbocycles. The predicted molar refractivity (Wildman–Crippen MR) is 93.4 cm³/mol. The molecule has 0 aromatic heterocycles. The van der Waals surface area contributed by atoms with E-state index in [4.69, 9.17) is 4.99 Å². The van der Waals surface area contributed by atoms with Crippen molar-refractivity contribution in [2.75, 3.05) is 13.1 Å². The van der Waals surface area contributed by atoms with E-state index in [1.165, 1.54) is 11.1 Å². The largest absolute Gasteiger partial charge is 0.372 e. The van der Waals surface area contributed by atoms with Gasteiger partial charge in [0.1, 0.15) is 5.84 Å². The molecule has 1 N–H and O–H groups in total. The highest BCUT2D eigenvalue weighted by molar-refractivity contribution is 5.92. The third kappa shape index (κ3) is 3.06. The number of aliphatic imine (C=N–C) groups is 1. The summed E-state index contributed by atoms with van der Waals surface area (Å²) in [6.07, 6.45) is 1.15. The number of hydrogen-bond acceptors (Lipinski definition) is 2. The van der Waals surface area contributed by atoms with Crippen molar-refractivity contribution >= 4 is 5.84 Å². The van der Waals surface area contributed by atoms with Crippen LogP contribution < -0.4 is 5.32 Å². The number of nitrogens with one attached hydrogen (secondary N) is 1. The van der Waals surface area contributed by atoms with Crippen LogP contribution in [0.4, 0.5) is 0 Å². The highest BCUT2D eigenvalue weighted by Crippen LogP contribution is 2.30. The van der Waals surface area contributed by atoms with E-state index in [0.717, 1.165) is 25.3 Å². The van der Waals surface area contributed by atoms with Crippen LogP contribution in [0.2, 0.25) is 0 Å². The molecule has 0 fully saturated rings. The third-order valence-electron chi connectivity index (χ3n) is 4.72. The molecule has 0 spiro atoms. The monoisotopic (exact) mass is 292 g/mol. The van der Waals surface area contributed by atoms with Crippen LogP contribution in [-0.2, 0) is 0 Å². The standard InChI is InChI=1S/C20H24N2/c1-3-20(2)14-21-19(22-15-20)18(16-10-6-4-7-11-16)17-12-8-5-9-13-17/h4-13,18H,3,14-15H2,1-2H3,(H,21,22). The molecule has 0 aliphatic carbocycles. The van der Waals surface area contributed by atoms with Crippen molar-refractivity contribution in [1.82, 2.24) is 5.32 Å². The second-order valence-corrected chi connectivity index (χ2v) is 6.47. The molecule has 2 aromatic rings. The van der Waals surface area contributed by atoms with Crippen molar-refractivity contribution in [3.63, 3.8) is 0 Å². The number of amidine groups is 1. The van der Waals surface area contributed by atoms with E-state index in [0.29, 0.717) is 0 Å². The van der Waals surface area contributed by atoms with Gasteiger partial charge in [-0.2, -0.15) is 0 Å². The van der Waals surface area contributed by atoms with Gasteiger partial charge in [0.05, 0.1) is 5.92 Å². The lowest BCUT2D eigenvalue weighted by atomic mass is 9.84. The Morgan fingerprint density at radius 3 is 1.95 bits per heavy atom. The molecule has 0 radical (unpaired) electrons. The van der Waals surface area contributed by atoms with Crippen molar-refractivity contribution in [2.45, 2.75) is 26.2 Å². The first kappa shape index (κ1) is 14.8. The maximum absolute atomic E-state index is 4.91. The molecule has 0 saturated carbocycles. The normalized spacial score (nSPS) is 21.3. The van der Waals surface area contributed by atoms with Gasteiger partial charge in [0, 0.05) is 18.5 Å². The molecule has 3 rings (SSSR count). The predicted octanol–water partition coefficient (Wildman–Crippen LogP) is 4.24. The van der Waals surface area contributed by atoms with Crippen LogP contribution in [0.15, 0.2) is 65.7 Å². The third-order valence-corrected chi connectivity index (χ3v) is 4.72. The Hall–Kier alpha value is -2.09. The van der Waals surface area contributed by atoms with E-state index in [2.05, 4.69) is 79.8 Å². The smallest absolute Gasteiger partial charge is 0.108 e. The summed E-state index contributed by atoms with van der Waals surface area (Å²) < 4.78 is 0. The summed E-state index contributed by atoms with van der Waals surface area (Å²) in [5.41, 5.74) is 2.86. The average molecular weight is 292 g/mol. The van der Waals surface area contributed by atoms with Crippen LogP contribution in [0.3, 0.4) is 0 Å². The Bertz CT molecular complexity index is 594. The Morgan fingerprint density at radius 1 is 1.00 bits per heavy atom. The quantitative estimate of drug-likeness (QED) is 0.895. The van der Waals surface area contributed by atoms with Crippen LogP contribution in [0, 0.1) is 5.41 Å². The van der Waals surface area contributed by atoms with Crippen LogP contribution >= 0.6 is 0 Å². The summed E-state index contributed by atoms with van der Waals surface area (Å²) in [5.74, 6) is 1.30. The minimum absolute atomic E-state index is 0.198. The Kier molecular flexibility index (Phi) is 4.28. The number of nitrogens with zero attached hydrogens (tertiary/aromatic N) is 1. The maximum Gasteiger partial charge on any atom is 0.108 e. The second kappa shape index (κ2) is 6.35. The zero-order valence-electron chi connectivity index (χ0n) is 13.4. The van der Waals surface area contributed by atoms with E-state index < -0.39 is 0 Å². The lowest BCUT2D eigenvalue weighted by Crippen LogP contribution is -2.44. The van der Waals surface area contributed by atoms with Gasteiger partial charge >= 0.3 is 0 Å². The van der Waals surface area contributed by atoms with Gasteiger partial charge in [0.25, 0.3) is 0 Å². The molecule has 2 nitrogen and oxygen atoms in total. The van der Waals surface area contributed by atoms with Crippen molar-refractivity contribution in [1.29, 1.82) is 0 Å². The van der Waals surface area contributed by atoms with Gasteiger partial charge in [-0.3, -0.25) is 4.99 Å². The summed E-state index contributed by atoms with van der Waals surface area (Å²) in [7, 11) is 0. The molecular weight excluding hydrogens is 268 g/mol. The van der Waals surface area contributed by atoms with E-state index >= 15 is 0 Å². The van der Waals surface area contributed by atoms with Crippen LogP contribution in [0.1, 0.15) is 37.3 Å². The van der Waals surface area contributed by atoms with Crippen LogP contribution in [0.5, 0.6) is 0 Å². The lowest BCUT2D eigenvalue weighted by Gasteiger charge is -2.34. The van der Waals surface area contributed by atoms with Crippen molar-refractivity contribution in [3.05, 3.63) is 71.8 Å². The molecule has 0 saturated heterocycles. The topological polar surface area (TPSA) is 24.4 Å². The highest BCUT2D eigenvalue weighted by Gasteiger charge is 2.29. The zero-order valence-corrected chi connectivity index (χ0v) is 13.4. The summed E-state index contributed by atoms with van der Waals surface area (Å²) in [4.78, 5) is 4.91. The van der Waals surface area contributed by atoms with Gasteiger partial charge in [-0.25, -0.2) is 0 Å². The van der Waals surface area contributed by atoms with Crippen molar-refractivity contribution < 1.29 is 0 Å². The molecule has 0 amide bonds. The lowest BCUT2D eigenvalue weighted by molar-refractivity contribution is 0.308. The van der Waals surface area contributed by atoms with E-state index in [9.17, 15) is 0 Å². The maximum atomic E-state index is 4.91. The molecule has 22 heavy (non-hydrogen) atoms. The zero-order chi connectivity index (χ0) is 15.4.